The van der Waals surface area contributed by atoms with Gasteiger partial charge in [-0.25, -0.2) is 23.7 Å². The van der Waals surface area contributed by atoms with Gasteiger partial charge in [0.2, 0.25) is 5.91 Å². The molecule has 2 aromatic carbocycles. The summed E-state index contributed by atoms with van der Waals surface area (Å²) in [6, 6.07) is 17.3. The number of amides is 1. The Morgan fingerprint density at radius 3 is 2.25 bits per heavy atom. The molecule has 0 saturated heterocycles. The predicted molar refractivity (Wildman–Crippen MR) is 118 cm³/mol. The van der Waals surface area contributed by atoms with E-state index in [0.29, 0.717) is 23.1 Å². The number of halogens is 2. The van der Waals surface area contributed by atoms with Crippen molar-refractivity contribution in [2.45, 2.75) is 6.42 Å². The van der Waals surface area contributed by atoms with Crippen molar-refractivity contribution in [3.05, 3.63) is 96.5 Å². The number of hydrogen-bond donors (Lipinski definition) is 3. The number of pyridine rings is 1. The van der Waals surface area contributed by atoms with E-state index in [2.05, 4.69) is 30.9 Å². The van der Waals surface area contributed by atoms with Gasteiger partial charge in [-0.1, -0.05) is 12.1 Å². The fourth-order valence-electron chi connectivity index (χ4n) is 2.89. The molecule has 0 radical (unpaired) electrons. The van der Waals surface area contributed by atoms with Gasteiger partial charge in [0, 0.05) is 29.7 Å². The Balaban J connectivity index is 1.35. The van der Waals surface area contributed by atoms with Crippen LogP contribution in [0.2, 0.25) is 0 Å². The van der Waals surface area contributed by atoms with Gasteiger partial charge in [0.05, 0.1) is 6.42 Å². The number of carbonyl (C=O) groups is 1. The standard InChI is InChI=1S/C23H18F2N6O/c24-16-5-4-15(19(25)12-16)11-23(32)30-18-8-6-17(7-9-18)29-21-13-22(28-14-27-21)31-20-3-1-2-10-26-20/h1-10,12-14H,11H2,(H,30,32)(H2,26,27,28,29,31). The van der Waals surface area contributed by atoms with E-state index in [0.717, 1.165) is 17.8 Å². The highest BCUT2D eigenvalue weighted by Gasteiger charge is 2.10. The maximum absolute atomic E-state index is 13.7. The lowest BCUT2D eigenvalue weighted by atomic mass is 10.1. The first-order chi connectivity index (χ1) is 15.5. The zero-order valence-electron chi connectivity index (χ0n) is 16.7. The average molecular weight is 432 g/mol. The van der Waals surface area contributed by atoms with E-state index >= 15 is 0 Å². The summed E-state index contributed by atoms with van der Waals surface area (Å²) in [6.45, 7) is 0. The minimum Gasteiger partial charge on any atom is -0.340 e. The topological polar surface area (TPSA) is 91.8 Å². The number of hydrogen-bond acceptors (Lipinski definition) is 6. The van der Waals surface area contributed by atoms with E-state index < -0.39 is 17.5 Å². The quantitative estimate of drug-likeness (QED) is 0.388. The molecule has 0 fully saturated rings. The van der Waals surface area contributed by atoms with Crippen LogP contribution in [0.3, 0.4) is 0 Å². The molecule has 1 amide bonds. The van der Waals surface area contributed by atoms with Crippen molar-refractivity contribution in [1.29, 1.82) is 0 Å². The lowest BCUT2D eigenvalue weighted by Crippen LogP contribution is -2.15. The molecule has 2 aromatic heterocycles. The summed E-state index contributed by atoms with van der Waals surface area (Å²) in [5.41, 5.74) is 1.42. The van der Waals surface area contributed by atoms with Crippen LogP contribution in [0.5, 0.6) is 0 Å². The zero-order chi connectivity index (χ0) is 22.3. The molecule has 3 N–H and O–H groups in total. The van der Waals surface area contributed by atoms with E-state index in [-0.39, 0.29) is 12.0 Å². The molecule has 0 aliphatic heterocycles. The van der Waals surface area contributed by atoms with Gasteiger partial charge in [-0.15, -0.1) is 0 Å². The van der Waals surface area contributed by atoms with Gasteiger partial charge in [-0.2, -0.15) is 0 Å². The molecule has 9 heteroatoms. The number of benzene rings is 2. The second-order valence-electron chi connectivity index (χ2n) is 6.79. The summed E-state index contributed by atoms with van der Waals surface area (Å²) < 4.78 is 26.7. The lowest BCUT2D eigenvalue weighted by molar-refractivity contribution is -0.115. The van der Waals surface area contributed by atoms with Gasteiger partial charge in [-0.3, -0.25) is 4.79 Å². The molecule has 160 valence electrons. The molecule has 32 heavy (non-hydrogen) atoms. The third-order valence-corrected chi connectivity index (χ3v) is 4.40. The fourth-order valence-corrected chi connectivity index (χ4v) is 2.89. The molecule has 0 spiro atoms. The SMILES string of the molecule is O=C(Cc1ccc(F)cc1F)Nc1ccc(Nc2cc(Nc3ccccn3)ncn2)cc1. The summed E-state index contributed by atoms with van der Waals surface area (Å²) in [4.78, 5) is 24.7. The van der Waals surface area contributed by atoms with Crippen LogP contribution in [0.15, 0.2) is 79.3 Å². The monoisotopic (exact) mass is 432 g/mol. The van der Waals surface area contributed by atoms with Crippen molar-refractivity contribution in [2.24, 2.45) is 0 Å². The van der Waals surface area contributed by atoms with E-state index in [1.165, 1.54) is 12.4 Å². The summed E-state index contributed by atoms with van der Waals surface area (Å²) in [6.07, 6.45) is 2.91. The third kappa shape index (κ3) is 5.60. The Morgan fingerprint density at radius 2 is 1.53 bits per heavy atom. The van der Waals surface area contributed by atoms with Gasteiger partial charge >= 0.3 is 0 Å². The molecular formula is C23H18F2N6O. The molecule has 0 aliphatic carbocycles. The van der Waals surface area contributed by atoms with Crippen molar-refractivity contribution in [2.75, 3.05) is 16.0 Å². The van der Waals surface area contributed by atoms with Gasteiger partial charge in [0.1, 0.15) is 35.4 Å². The smallest absolute Gasteiger partial charge is 0.228 e. The van der Waals surface area contributed by atoms with Crippen LogP contribution in [0.1, 0.15) is 5.56 Å². The Labute approximate surface area is 182 Å². The first-order valence-electron chi connectivity index (χ1n) is 9.66. The summed E-state index contributed by atoms with van der Waals surface area (Å²) >= 11 is 0. The molecule has 0 atom stereocenters. The second-order valence-corrected chi connectivity index (χ2v) is 6.79. The number of aromatic nitrogens is 3. The highest BCUT2D eigenvalue weighted by atomic mass is 19.1. The second kappa shape index (κ2) is 9.61. The highest BCUT2D eigenvalue weighted by molar-refractivity contribution is 5.92. The largest absolute Gasteiger partial charge is 0.340 e. The molecule has 0 unspecified atom stereocenters. The molecule has 4 aromatic rings. The maximum Gasteiger partial charge on any atom is 0.228 e. The zero-order valence-corrected chi connectivity index (χ0v) is 16.7. The summed E-state index contributed by atoms with van der Waals surface area (Å²) in [7, 11) is 0. The molecule has 0 bridgehead atoms. The summed E-state index contributed by atoms with van der Waals surface area (Å²) in [5.74, 6) is -0.0188. The number of rotatable bonds is 7. The number of nitrogens with one attached hydrogen (secondary N) is 3. The van der Waals surface area contributed by atoms with Crippen LogP contribution in [-0.2, 0) is 11.2 Å². The minimum atomic E-state index is -0.749. The van der Waals surface area contributed by atoms with E-state index in [1.807, 2.05) is 18.2 Å². The fraction of sp³-hybridized carbons (Fsp3) is 0.0435. The van der Waals surface area contributed by atoms with Gasteiger partial charge in [0.15, 0.2) is 0 Å². The molecule has 2 heterocycles. The predicted octanol–water partition coefficient (Wildman–Crippen LogP) is 4.82. The minimum absolute atomic E-state index is 0.126. The van der Waals surface area contributed by atoms with Crippen LogP contribution in [0, 0.1) is 11.6 Å². The van der Waals surface area contributed by atoms with Crippen LogP contribution >= 0.6 is 0 Å². The molecular weight excluding hydrogens is 414 g/mol. The van der Waals surface area contributed by atoms with Crippen molar-refractivity contribution in [3.8, 4) is 0 Å². The van der Waals surface area contributed by atoms with Crippen molar-refractivity contribution < 1.29 is 13.6 Å². The van der Waals surface area contributed by atoms with E-state index in [1.54, 1.807) is 36.5 Å². The first-order valence-corrected chi connectivity index (χ1v) is 9.66. The summed E-state index contributed by atoms with van der Waals surface area (Å²) in [5, 5.41) is 8.93. The lowest BCUT2D eigenvalue weighted by Gasteiger charge is -2.10. The highest BCUT2D eigenvalue weighted by Crippen LogP contribution is 2.20. The average Bonchev–Trinajstić information content (AvgIpc) is 2.78. The number of nitrogens with zero attached hydrogens (tertiary/aromatic N) is 3. The van der Waals surface area contributed by atoms with Crippen LogP contribution in [0.4, 0.5) is 37.6 Å². The number of carbonyl (C=O) groups excluding carboxylic acids is 1. The normalized spacial score (nSPS) is 10.4. The van der Waals surface area contributed by atoms with E-state index in [9.17, 15) is 13.6 Å². The molecule has 0 saturated carbocycles. The van der Waals surface area contributed by atoms with Crippen LogP contribution in [-0.4, -0.2) is 20.9 Å². The van der Waals surface area contributed by atoms with Gasteiger partial charge in [-0.05, 0) is 48.0 Å². The van der Waals surface area contributed by atoms with Gasteiger partial charge in [0.25, 0.3) is 0 Å². The molecule has 7 nitrogen and oxygen atoms in total. The molecule has 4 rings (SSSR count). The van der Waals surface area contributed by atoms with Gasteiger partial charge < -0.3 is 16.0 Å². The van der Waals surface area contributed by atoms with E-state index in [4.69, 9.17) is 0 Å². The Bertz CT molecular complexity index is 1220. The van der Waals surface area contributed by atoms with Crippen LogP contribution in [0.25, 0.3) is 0 Å². The Hall–Kier alpha value is -4.40. The third-order valence-electron chi connectivity index (χ3n) is 4.40. The number of anilines is 5. The van der Waals surface area contributed by atoms with Crippen LogP contribution < -0.4 is 16.0 Å². The van der Waals surface area contributed by atoms with Crippen molar-refractivity contribution in [1.82, 2.24) is 15.0 Å². The van der Waals surface area contributed by atoms with Crippen molar-refractivity contribution >= 4 is 34.7 Å². The Kier molecular flexibility index (Phi) is 6.26. The van der Waals surface area contributed by atoms with Crippen molar-refractivity contribution in [3.63, 3.8) is 0 Å². The maximum atomic E-state index is 13.7. The Morgan fingerprint density at radius 1 is 0.781 bits per heavy atom. The molecule has 0 aliphatic rings. The first kappa shape index (κ1) is 20.9.